The summed E-state index contributed by atoms with van der Waals surface area (Å²) in [6, 6.07) is 0. The third-order valence-corrected chi connectivity index (χ3v) is 3.11. The normalized spacial score (nSPS) is 13.9. The molecule has 0 aliphatic carbocycles. The summed E-state index contributed by atoms with van der Waals surface area (Å²) in [6.07, 6.45) is 6.17. The van der Waals surface area contributed by atoms with E-state index >= 15 is 0 Å². The van der Waals surface area contributed by atoms with Gasteiger partial charge in [-0.25, -0.2) is 9.78 Å². The number of terminal acetylenes is 1. The third kappa shape index (κ3) is 1.08. The SMILES string of the molecule is C#Cc1nc2c(=O)n(C)c(=O)n3c2n1CCC3. The maximum atomic E-state index is 12.0. The fourth-order valence-electron chi connectivity index (χ4n) is 2.29. The summed E-state index contributed by atoms with van der Waals surface area (Å²) in [5, 5.41) is 0. The van der Waals surface area contributed by atoms with Crippen LogP contribution >= 0.6 is 0 Å². The molecular weight excluding hydrogens is 220 g/mol. The monoisotopic (exact) mass is 230 g/mol. The van der Waals surface area contributed by atoms with E-state index in [2.05, 4.69) is 10.9 Å². The van der Waals surface area contributed by atoms with Crippen LogP contribution < -0.4 is 11.2 Å². The largest absolute Gasteiger partial charge is 0.332 e. The molecule has 3 heterocycles. The molecule has 2 aromatic heterocycles. The molecule has 0 aromatic carbocycles. The number of aromatic nitrogens is 4. The van der Waals surface area contributed by atoms with E-state index in [-0.39, 0.29) is 11.2 Å². The second-order valence-electron chi connectivity index (χ2n) is 4.06. The minimum Gasteiger partial charge on any atom is -0.303 e. The van der Waals surface area contributed by atoms with Gasteiger partial charge in [0.1, 0.15) is 0 Å². The molecule has 0 bridgehead atoms. The van der Waals surface area contributed by atoms with Crippen LogP contribution in [0, 0.1) is 12.3 Å². The Balaban J connectivity index is 2.67. The number of nitrogens with zero attached hydrogens (tertiary/aromatic N) is 4. The van der Waals surface area contributed by atoms with Crippen LogP contribution in [0.15, 0.2) is 9.59 Å². The lowest BCUT2D eigenvalue weighted by Gasteiger charge is -2.17. The van der Waals surface area contributed by atoms with E-state index in [4.69, 9.17) is 6.42 Å². The molecule has 0 N–H and O–H groups in total. The zero-order chi connectivity index (χ0) is 12.2. The van der Waals surface area contributed by atoms with Crippen LogP contribution in [-0.4, -0.2) is 18.7 Å². The van der Waals surface area contributed by atoms with Crippen molar-refractivity contribution in [1.29, 1.82) is 0 Å². The summed E-state index contributed by atoms with van der Waals surface area (Å²) in [5.74, 6) is 2.86. The number of hydrogen-bond donors (Lipinski definition) is 0. The Labute approximate surface area is 96.1 Å². The van der Waals surface area contributed by atoms with Crippen LogP contribution in [0.2, 0.25) is 0 Å². The van der Waals surface area contributed by atoms with Crippen molar-refractivity contribution in [3.8, 4) is 12.3 Å². The zero-order valence-electron chi connectivity index (χ0n) is 9.30. The van der Waals surface area contributed by atoms with Gasteiger partial charge in [-0.05, 0) is 12.3 Å². The van der Waals surface area contributed by atoms with Crippen molar-refractivity contribution in [3.05, 3.63) is 26.7 Å². The van der Waals surface area contributed by atoms with E-state index < -0.39 is 5.56 Å². The van der Waals surface area contributed by atoms with E-state index in [1.54, 1.807) is 9.13 Å². The Kier molecular flexibility index (Phi) is 1.81. The van der Waals surface area contributed by atoms with E-state index in [0.29, 0.717) is 24.6 Å². The molecule has 0 spiro atoms. The average Bonchev–Trinajstić information content (AvgIpc) is 2.73. The molecular formula is C11H10N4O2. The molecule has 0 amide bonds. The minimum atomic E-state index is -0.390. The van der Waals surface area contributed by atoms with Crippen LogP contribution in [-0.2, 0) is 20.1 Å². The first-order valence-electron chi connectivity index (χ1n) is 5.32. The Bertz CT molecular complexity index is 785. The first-order valence-corrected chi connectivity index (χ1v) is 5.32. The lowest BCUT2D eigenvalue weighted by molar-refractivity contribution is 0.495. The van der Waals surface area contributed by atoms with Crippen molar-refractivity contribution in [3.63, 3.8) is 0 Å². The molecule has 17 heavy (non-hydrogen) atoms. The van der Waals surface area contributed by atoms with Crippen LogP contribution in [0.5, 0.6) is 0 Å². The van der Waals surface area contributed by atoms with Crippen molar-refractivity contribution in [1.82, 2.24) is 18.7 Å². The third-order valence-electron chi connectivity index (χ3n) is 3.11. The predicted octanol–water partition coefficient (Wildman–Crippen LogP) is -0.718. The topological polar surface area (TPSA) is 61.8 Å². The summed E-state index contributed by atoms with van der Waals surface area (Å²) < 4.78 is 4.40. The first-order chi connectivity index (χ1) is 8.15. The Morgan fingerprint density at radius 2 is 2.00 bits per heavy atom. The van der Waals surface area contributed by atoms with Crippen LogP contribution in [0.3, 0.4) is 0 Å². The molecule has 1 aliphatic rings. The van der Waals surface area contributed by atoms with Crippen molar-refractivity contribution >= 4 is 11.2 Å². The zero-order valence-corrected chi connectivity index (χ0v) is 9.30. The van der Waals surface area contributed by atoms with Crippen LogP contribution in [0.1, 0.15) is 12.2 Å². The number of imidazole rings is 1. The molecule has 0 saturated heterocycles. The highest BCUT2D eigenvalue weighted by Gasteiger charge is 2.21. The van der Waals surface area contributed by atoms with Gasteiger partial charge in [-0.15, -0.1) is 6.42 Å². The maximum Gasteiger partial charge on any atom is 0.332 e. The predicted molar refractivity (Wildman–Crippen MR) is 61.8 cm³/mol. The molecule has 3 rings (SSSR count). The molecule has 86 valence electrons. The average molecular weight is 230 g/mol. The molecule has 2 aromatic rings. The van der Waals surface area contributed by atoms with Gasteiger partial charge in [0.15, 0.2) is 17.0 Å². The quantitative estimate of drug-likeness (QED) is 0.561. The van der Waals surface area contributed by atoms with Crippen LogP contribution in [0.4, 0.5) is 0 Å². The smallest absolute Gasteiger partial charge is 0.303 e. The Morgan fingerprint density at radius 3 is 2.71 bits per heavy atom. The van der Waals surface area contributed by atoms with Gasteiger partial charge in [0.05, 0.1) is 0 Å². The molecule has 6 heteroatoms. The summed E-state index contributed by atoms with van der Waals surface area (Å²) in [5.41, 5.74) is 0.127. The molecule has 0 unspecified atom stereocenters. The minimum absolute atomic E-state index is 0.278. The highest BCUT2D eigenvalue weighted by Crippen LogP contribution is 2.16. The van der Waals surface area contributed by atoms with Crippen molar-refractivity contribution in [2.75, 3.05) is 0 Å². The van der Waals surface area contributed by atoms with Gasteiger partial charge in [0, 0.05) is 20.1 Å². The molecule has 0 fully saturated rings. The van der Waals surface area contributed by atoms with Crippen molar-refractivity contribution < 1.29 is 0 Å². The molecule has 0 atom stereocenters. The summed E-state index contributed by atoms with van der Waals surface area (Å²) in [7, 11) is 1.46. The van der Waals surface area contributed by atoms with Crippen molar-refractivity contribution in [2.24, 2.45) is 7.05 Å². The van der Waals surface area contributed by atoms with E-state index in [1.807, 2.05) is 0 Å². The van der Waals surface area contributed by atoms with Gasteiger partial charge in [0.25, 0.3) is 5.56 Å². The van der Waals surface area contributed by atoms with E-state index in [1.165, 1.54) is 7.05 Å². The maximum absolute atomic E-state index is 12.0. The number of hydrogen-bond acceptors (Lipinski definition) is 3. The summed E-state index contributed by atoms with van der Waals surface area (Å²) >= 11 is 0. The second kappa shape index (κ2) is 3.10. The van der Waals surface area contributed by atoms with E-state index in [9.17, 15) is 9.59 Å². The lowest BCUT2D eigenvalue weighted by atomic mass is 10.3. The highest BCUT2D eigenvalue weighted by molar-refractivity contribution is 5.72. The summed E-state index contributed by atoms with van der Waals surface area (Å²) in [4.78, 5) is 28.0. The second-order valence-corrected chi connectivity index (χ2v) is 4.06. The molecule has 1 aliphatic heterocycles. The molecule has 0 radical (unpaired) electrons. The fourth-order valence-corrected chi connectivity index (χ4v) is 2.29. The van der Waals surface area contributed by atoms with Gasteiger partial charge < -0.3 is 4.57 Å². The van der Waals surface area contributed by atoms with Crippen molar-refractivity contribution in [2.45, 2.75) is 19.5 Å². The standard InChI is InChI=1S/C11H10N4O2/c1-3-7-12-8-9-14(7)5-4-6-15(9)11(17)13(2)10(8)16/h1H,4-6H2,2H3. The Hall–Kier alpha value is -2.29. The molecule has 6 nitrogen and oxygen atoms in total. The van der Waals surface area contributed by atoms with E-state index in [0.717, 1.165) is 11.0 Å². The highest BCUT2D eigenvalue weighted by atomic mass is 16.2. The van der Waals surface area contributed by atoms with Gasteiger partial charge >= 0.3 is 5.69 Å². The number of rotatable bonds is 0. The lowest BCUT2D eigenvalue weighted by Crippen LogP contribution is -2.40. The fraction of sp³-hybridized carbons (Fsp3) is 0.364. The van der Waals surface area contributed by atoms with Gasteiger partial charge in [-0.1, -0.05) is 0 Å². The summed E-state index contributed by atoms with van der Waals surface area (Å²) in [6.45, 7) is 1.29. The van der Waals surface area contributed by atoms with Crippen LogP contribution in [0.25, 0.3) is 11.2 Å². The van der Waals surface area contributed by atoms with Gasteiger partial charge in [-0.2, -0.15) is 0 Å². The van der Waals surface area contributed by atoms with Gasteiger partial charge in [0.2, 0.25) is 0 Å². The number of aryl methyl sites for hydroxylation is 2. The Morgan fingerprint density at radius 1 is 1.29 bits per heavy atom. The molecule has 0 saturated carbocycles. The van der Waals surface area contributed by atoms with Gasteiger partial charge in [-0.3, -0.25) is 13.9 Å². The first kappa shape index (κ1) is 9.90.